The Morgan fingerprint density at radius 2 is 1.46 bits per heavy atom. The van der Waals surface area contributed by atoms with Crippen molar-refractivity contribution in [2.24, 2.45) is 0 Å². The van der Waals surface area contributed by atoms with E-state index in [1.54, 1.807) is 0 Å². The number of benzene rings is 3. The summed E-state index contributed by atoms with van der Waals surface area (Å²) in [5.41, 5.74) is 5.58. The van der Waals surface area contributed by atoms with Crippen molar-refractivity contribution in [1.82, 2.24) is 0 Å². The van der Waals surface area contributed by atoms with Crippen LogP contribution in [0.5, 0.6) is 0 Å². The van der Waals surface area contributed by atoms with Gasteiger partial charge in [0.2, 0.25) is 0 Å². The van der Waals surface area contributed by atoms with Gasteiger partial charge in [0.1, 0.15) is 0 Å². The molecule has 3 aromatic rings. The lowest BCUT2D eigenvalue weighted by Crippen LogP contribution is -2.19. The molecule has 0 saturated carbocycles. The summed E-state index contributed by atoms with van der Waals surface area (Å²) in [7, 11) is 0. The molecule has 0 aliphatic heterocycles. The molecule has 3 rings (SSSR count). The summed E-state index contributed by atoms with van der Waals surface area (Å²) in [6, 6.07) is 26.8. The summed E-state index contributed by atoms with van der Waals surface area (Å²) >= 11 is 5.47. The fraction of sp³-hybridized carbons (Fsp3) is 0.0952. The van der Waals surface area contributed by atoms with Crippen molar-refractivity contribution in [1.29, 1.82) is 0 Å². The second-order valence-corrected chi connectivity index (χ2v) is 5.95. The first-order valence-corrected chi connectivity index (χ1v) is 8.48. The van der Waals surface area contributed by atoms with Crippen molar-refractivity contribution >= 4 is 28.7 Å². The number of rotatable bonds is 4. The van der Waals surface area contributed by atoms with Crippen molar-refractivity contribution in [3.63, 3.8) is 0 Å². The van der Waals surface area contributed by atoms with Crippen LogP contribution in [0.1, 0.15) is 12.5 Å². The first-order valence-electron chi connectivity index (χ1n) is 8.07. The van der Waals surface area contributed by atoms with Crippen LogP contribution in [0.15, 0.2) is 78.9 Å². The van der Waals surface area contributed by atoms with Crippen molar-refractivity contribution in [2.75, 3.05) is 10.6 Å². The number of anilines is 2. The number of para-hydroxylation sites is 1. The van der Waals surface area contributed by atoms with Crippen molar-refractivity contribution < 1.29 is 0 Å². The van der Waals surface area contributed by atoms with E-state index in [2.05, 4.69) is 60.0 Å². The number of thiocarbonyl (C=S) groups is 1. The van der Waals surface area contributed by atoms with Crippen LogP contribution in [0.3, 0.4) is 0 Å². The molecule has 0 amide bonds. The molecule has 120 valence electrons. The van der Waals surface area contributed by atoms with Crippen molar-refractivity contribution in [3.05, 3.63) is 84.4 Å². The number of hydrogen-bond donors (Lipinski definition) is 2. The smallest absolute Gasteiger partial charge is 0.175 e. The molecular formula is C21H20N2S. The Morgan fingerprint density at radius 3 is 2.17 bits per heavy atom. The van der Waals surface area contributed by atoms with Crippen LogP contribution in [-0.4, -0.2) is 5.11 Å². The van der Waals surface area contributed by atoms with E-state index >= 15 is 0 Å². The molecular weight excluding hydrogens is 312 g/mol. The highest BCUT2D eigenvalue weighted by atomic mass is 32.1. The maximum Gasteiger partial charge on any atom is 0.175 e. The lowest BCUT2D eigenvalue weighted by molar-refractivity contribution is 1.14. The van der Waals surface area contributed by atoms with Gasteiger partial charge in [-0.1, -0.05) is 67.6 Å². The highest BCUT2D eigenvalue weighted by molar-refractivity contribution is 7.80. The zero-order valence-electron chi connectivity index (χ0n) is 13.6. The van der Waals surface area contributed by atoms with Gasteiger partial charge in [0.05, 0.1) is 0 Å². The fourth-order valence-electron chi connectivity index (χ4n) is 2.57. The Morgan fingerprint density at radius 1 is 0.792 bits per heavy atom. The van der Waals surface area contributed by atoms with Gasteiger partial charge in [0.25, 0.3) is 0 Å². The number of nitrogens with one attached hydrogen (secondary N) is 2. The Labute approximate surface area is 148 Å². The SMILES string of the molecule is CCc1ccc(NC(=S)Nc2ccccc2-c2ccccc2)cc1. The molecule has 0 unspecified atom stereocenters. The van der Waals surface area contributed by atoms with E-state index in [-0.39, 0.29) is 0 Å². The molecule has 2 nitrogen and oxygen atoms in total. The van der Waals surface area contributed by atoms with Gasteiger partial charge in [-0.2, -0.15) is 0 Å². The predicted molar refractivity (Wildman–Crippen MR) is 108 cm³/mol. The van der Waals surface area contributed by atoms with Gasteiger partial charge >= 0.3 is 0 Å². The Hall–Kier alpha value is -2.65. The first kappa shape index (κ1) is 16.2. The third kappa shape index (κ3) is 4.00. The molecule has 0 atom stereocenters. The van der Waals surface area contributed by atoms with Gasteiger partial charge in [-0.3, -0.25) is 0 Å². The normalized spacial score (nSPS) is 10.2. The van der Waals surface area contributed by atoms with E-state index in [4.69, 9.17) is 12.2 Å². The molecule has 0 saturated heterocycles. The number of aryl methyl sites for hydroxylation is 1. The van der Waals surface area contributed by atoms with Crippen LogP contribution in [0.2, 0.25) is 0 Å². The summed E-state index contributed by atoms with van der Waals surface area (Å²) in [6.07, 6.45) is 1.04. The van der Waals surface area contributed by atoms with E-state index < -0.39 is 0 Å². The van der Waals surface area contributed by atoms with Crippen molar-refractivity contribution in [2.45, 2.75) is 13.3 Å². The summed E-state index contributed by atoms with van der Waals surface area (Å²) in [4.78, 5) is 0. The van der Waals surface area contributed by atoms with E-state index in [0.717, 1.165) is 28.9 Å². The van der Waals surface area contributed by atoms with Crippen LogP contribution in [0.25, 0.3) is 11.1 Å². The van der Waals surface area contributed by atoms with E-state index in [1.165, 1.54) is 5.56 Å². The minimum Gasteiger partial charge on any atom is -0.332 e. The molecule has 3 aromatic carbocycles. The lowest BCUT2D eigenvalue weighted by Gasteiger charge is -2.14. The average molecular weight is 332 g/mol. The second kappa shape index (κ2) is 7.75. The Balaban J connectivity index is 1.75. The lowest BCUT2D eigenvalue weighted by atomic mass is 10.0. The molecule has 0 aromatic heterocycles. The predicted octanol–water partition coefficient (Wildman–Crippen LogP) is 5.72. The third-order valence-electron chi connectivity index (χ3n) is 3.88. The molecule has 0 spiro atoms. The maximum absolute atomic E-state index is 5.47. The van der Waals surface area contributed by atoms with Crippen LogP contribution in [0, 0.1) is 0 Å². The van der Waals surface area contributed by atoms with Gasteiger partial charge in [-0.25, -0.2) is 0 Å². The largest absolute Gasteiger partial charge is 0.332 e. The number of hydrogen-bond acceptors (Lipinski definition) is 1. The summed E-state index contributed by atoms with van der Waals surface area (Å²) in [5, 5.41) is 7.13. The molecule has 3 heteroatoms. The Kier molecular flexibility index (Phi) is 5.24. The van der Waals surface area contributed by atoms with Crippen LogP contribution in [0.4, 0.5) is 11.4 Å². The summed E-state index contributed by atoms with van der Waals surface area (Å²) < 4.78 is 0. The van der Waals surface area contributed by atoms with Crippen molar-refractivity contribution in [3.8, 4) is 11.1 Å². The highest BCUT2D eigenvalue weighted by Crippen LogP contribution is 2.27. The topological polar surface area (TPSA) is 24.1 Å². The third-order valence-corrected chi connectivity index (χ3v) is 4.08. The minimum absolute atomic E-state index is 0.586. The maximum atomic E-state index is 5.47. The van der Waals surface area contributed by atoms with Crippen LogP contribution in [-0.2, 0) is 6.42 Å². The summed E-state index contributed by atoms with van der Waals surface area (Å²) in [5.74, 6) is 0. The minimum atomic E-state index is 0.586. The summed E-state index contributed by atoms with van der Waals surface area (Å²) in [6.45, 7) is 2.15. The van der Waals surface area contributed by atoms with Gasteiger partial charge in [-0.05, 0) is 48.0 Å². The molecule has 0 aliphatic carbocycles. The molecule has 24 heavy (non-hydrogen) atoms. The molecule has 0 bridgehead atoms. The standard InChI is InChI=1S/C21H20N2S/c1-2-16-12-14-18(15-13-16)22-21(24)23-20-11-7-6-10-19(20)17-8-4-3-5-9-17/h3-15H,2H2,1H3,(H2,22,23,24). The fourth-order valence-corrected chi connectivity index (χ4v) is 2.80. The zero-order chi connectivity index (χ0) is 16.8. The second-order valence-electron chi connectivity index (χ2n) is 5.54. The van der Waals surface area contributed by atoms with Gasteiger partial charge in [0, 0.05) is 16.9 Å². The molecule has 0 aliphatic rings. The highest BCUT2D eigenvalue weighted by Gasteiger charge is 2.06. The first-order chi connectivity index (χ1) is 11.8. The van der Waals surface area contributed by atoms with E-state index in [1.807, 2.05) is 36.4 Å². The zero-order valence-corrected chi connectivity index (χ0v) is 14.4. The van der Waals surface area contributed by atoms with Gasteiger partial charge in [-0.15, -0.1) is 0 Å². The van der Waals surface area contributed by atoms with Gasteiger partial charge in [0.15, 0.2) is 5.11 Å². The monoisotopic (exact) mass is 332 g/mol. The van der Waals surface area contributed by atoms with Crippen LogP contribution >= 0.6 is 12.2 Å². The van der Waals surface area contributed by atoms with Crippen LogP contribution < -0.4 is 10.6 Å². The Bertz CT molecular complexity index is 811. The molecule has 0 radical (unpaired) electrons. The average Bonchev–Trinajstić information content (AvgIpc) is 2.63. The van der Waals surface area contributed by atoms with E-state index in [9.17, 15) is 0 Å². The molecule has 0 heterocycles. The van der Waals surface area contributed by atoms with E-state index in [0.29, 0.717) is 5.11 Å². The van der Waals surface area contributed by atoms with Gasteiger partial charge < -0.3 is 10.6 Å². The molecule has 0 fully saturated rings. The quantitative estimate of drug-likeness (QED) is 0.597. The molecule has 2 N–H and O–H groups in total.